The summed E-state index contributed by atoms with van der Waals surface area (Å²) in [6.45, 7) is 2.37. The van der Waals surface area contributed by atoms with Crippen LogP contribution in [-0.2, 0) is 15.5 Å². The van der Waals surface area contributed by atoms with Crippen molar-refractivity contribution in [3.8, 4) is 0 Å². The molecule has 2 amide bonds. The number of rotatable bonds is 4. The van der Waals surface area contributed by atoms with Crippen molar-refractivity contribution >= 4 is 39.8 Å². The standard InChI is InChI=1S/C21H18F2N4O2/c1-12-18(19(28)25-15-5-3-4-14(10-15)21(2,22)23)20(29)27(26-12)16-7-6-13-8-9-24-17(13)11-16/h3-11,18,24H,1-2H3,(H,25,28). The maximum atomic E-state index is 13.5. The molecule has 0 fully saturated rings. The number of carbonyl (C=O) groups excluding carboxylic acids is 2. The summed E-state index contributed by atoms with van der Waals surface area (Å²) in [5.74, 6) is -5.27. The molecule has 6 nitrogen and oxygen atoms in total. The maximum Gasteiger partial charge on any atom is 0.270 e. The molecule has 1 aliphatic rings. The van der Waals surface area contributed by atoms with E-state index in [0.29, 0.717) is 11.4 Å². The zero-order valence-corrected chi connectivity index (χ0v) is 15.7. The summed E-state index contributed by atoms with van der Waals surface area (Å²) in [5, 5.41) is 8.97. The predicted octanol–water partition coefficient (Wildman–Crippen LogP) is 4.26. The van der Waals surface area contributed by atoms with Gasteiger partial charge in [0.15, 0.2) is 5.92 Å². The van der Waals surface area contributed by atoms with E-state index in [2.05, 4.69) is 15.4 Å². The number of H-pyrrole nitrogens is 1. The Balaban J connectivity index is 1.55. The van der Waals surface area contributed by atoms with Gasteiger partial charge in [0.25, 0.3) is 11.8 Å². The number of fused-ring (bicyclic) bond motifs is 1. The number of hydrogen-bond donors (Lipinski definition) is 2. The number of nitrogens with one attached hydrogen (secondary N) is 2. The first-order valence-corrected chi connectivity index (χ1v) is 8.99. The molecule has 0 saturated carbocycles. The van der Waals surface area contributed by atoms with E-state index in [4.69, 9.17) is 0 Å². The van der Waals surface area contributed by atoms with Crippen LogP contribution in [-0.4, -0.2) is 22.5 Å². The first-order chi connectivity index (χ1) is 13.7. The van der Waals surface area contributed by atoms with Crippen LogP contribution in [0.25, 0.3) is 10.9 Å². The highest BCUT2D eigenvalue weighted by Crippen LogP contribution is 2.30. The van der Waals surface area contributed by atoms with Crippen molar-refractivity contribution in [1.29, 1.82) is 0 Å². The molecule has 0 aliphatic carbocycles. The number of hydrazone groups is 1. The van der Waals surface area contributed by atoms with Crippen LogP contribution < -0.4 is 10.3 Å². The maximum absolute atomic E-state index is 13.5. The fraction of sp³-hybridized carbons (Fsp3) is 0.190. The van der Waals surface area contributed by atoms with Crippen LogP contribution in [0.3, 0.4) is 0 Å². The molecule has 0 bridgehead atoms. The van der Waals surface area contributed by atoms with Crippen molar-refractivity contribution < 1.29 is 18.4 Å². The molecule has 29 heavy (non-hydrogen) atoms. The highest BCUT2D eigenvalue weighted by atomic mass is 19.3. The van der Waals surface area contributed by atoms with E-state index < -0.39 is 23.7 Å². The summed E-state index contributed by atoms with van der Waals surface area (Å²) in [7, 11) is 0. The van der Waals surface area contributed by atoms with Crippen molar-refractivity contribution in [3.05, 3.63) is 60.3 Å². The van der Waals surface area contributed by atoms with Crippen molar-refractivity contribution in [3.63, 3.8) is 0 Å². The van der Waals surface area contributed by atoms with Gasteiger partial charge in [0.05, 0.1) is 11.4 Å². The number of alkyl halides is 2. The Morgan fingerprint density at radius 1 is 1.21 bits per heavy atom. The van der Waals surface area contributed by atoms with Gasteiger partial charge in [0.2, 0.25) is 5.91 Å². The molecule has 1 unspecified atom stereocenters. The molecule has 3 aromatic rings. The fourth-order valence-corrected chi connectivity index (χ4v) is 3.30. The monoisotopic (exact) mass is 396 g/mol. The fourth-order valence-electron chi connectivity index (χ4n) is 3.30. The third kappa shape index (κ3) is 3.49. The highest BCUT2D eigenvalue weighted by Gasteiger charge is 2.40. The quantitative estimate of drug-likeness (QED) is 0.647. The molecule has 1 aromatic heterocycles. The molecule has 1 atom stereocenters. The number of anilines is 2. The second kappa shape index (κ2) is 6.80. The summed E-state index contributed by atoms with van der Waals surface area (Å²) in [5.41, 5.74) is 1.68. The van der Waals surface area contributed by atoms with E-state index in [9.17, 15) is 18.4 Å². The lowest BCUT2D eigenvalue weighted by Gasteiger charge is -2.16. The minimum absolute atomic E-state index is 0.195. The van der Waals surface area contributed by atoms with E-state index in [1.165, 1.54) is 29.3 Å². The lowest BCUT2D eigenvalue weighted by atomic mass is 10.0. The second-order valence-electron chi connectivity index (χ2n) is 7.03. The molecule has 148 valence electrons. The summed E-state index contributed by atoms with van der Waals surface area (Å²) in [6, 6.07) is 12.7. The SMILES string of the molecule is CC1=NN(c2ccc3cc[nH]c3c2)C(=O)C1C(=O)Nc1cccc(C(C)(F)F)c1. The van der Waals surface area contributed by atoms with Gasteiger partial charge in [0.1, 0.15) is 0 Å². The van der Waals surface area contributed by atoms with Gasteiger partial charge in [-0.15, -0.1) is 0 Å². The van der Waals surface area contributed by atoms with Gasteiger partial charge in [-0.25, -0.2) is 8.78 Å². The van der Waals surface area contributed by atoms with Gasteiger partial charge in [0, 0.05) is 29.9 Å². The van der Waals surface area contributed by atoms with Gasteiger partial charge < -0.3 is 10.3 Å². The number of aromatic amines is 1. The van der Waals surface area contributed by atoms with Gasteiger partial charge in [-0.3, -0.25) is 9.59 Å². The average Bonchev–Trinajstić information content (AvgIpc) is 3.24. The number of halogens is 2. The van der Waals surface area contributed by atoms with Crippen LogP contribution in [0.4, 0.5) is 20.2 Å². The Kier molecular flexibility index (Phi) is 4.41. The van der Waals surface area contributed by atoms with E-state index in [0.717, 1.165) is 17.8 Å². The minimum Gasteiger partial charge on any atom is -0.361 e. The Bertz CT molecular complexity index is 1150. The van der Waals surface area contributed by atoms with Gasteiger partial charge in [-0.2, -0.15) is 10.1 Å². The topological polar surface area (TPSA) is 77.6 Å². The molecule has 2 heterocycles. The molecule has 2 N–H and O–H groups in total. The number of benzene rings is 2. The Morgan fingerprint density at radius 2 is 2.00 bits per heavy atom. The number of nitrogens with zero attached hydrogens (tertiary/aromatic N) is 2. The summed E-state index contributed by atoms with van der Waals surface area (Å²) in [4.78, 5) is 28.6. The van der Waals surface area contributed by atoms with Crippen LogP contribution >= 0.6 is 0 Å². The largest absolute Gasteiger partial charge is 0.361 e. The zero-order chi connectivity index (χ0) is 20.8. The molecular formula is C21H18F2N4O2. The van der Waals surface area contributed by atoms with Crippen LogP contribution in [0.1, 0.15) is 19.4 Å². The smallest absolute Gasteiger partial charge is 0.270 e. The molecule has 4 rings (SSSR count). The normalized spacial score (nSPS) is 17.0. The van der Waals surface area contributed by atoms with E-state index >= 15 is 0 Å². The second-order valence-corrected chi connectivity index (χ2v) is 7.03. The van der Waals surface area contributed by atoms with Crippen LogP contribution in [0.2, 0.25) is 0 Å². The molecule has 0 saturated heterocycles. The van der Waals surface area contributed by atoms with Gasteiger partial charge in [-0.05, 0) is 42.6 Å². The van der Waals surface area contributed by atoms with E-state index in [1.54, 1.807) is 25.3 Å². The van der Waals surface area contributed by atoms with Crippen molar-refractivity contribution in [2.45, 2.75) is 19.8 Å². The molecular weight excluding hydrogens is 378 g/mol. The third-order valence-electron chi connectivity index (χ3n) is 4.81. The molecule has 0 spiro atoms. The van der Waals surface area contributed by atoms with E-state index in [-0.39, 0.29) is 11.3 Å². The highest BCUT2D eigenvalue weighted by molar-refractivity contribution is 6.28. The summed E-state index contributed by atoms with van der Waals surface area (Å²) >= 11 is 0. The Morgan fingerprint density at radius 3 is 2.76 bits per heavy atom. The molecule has 1 aliphatic heterocycles. The first-order valence-electron chi connectivity index (χ1n) is 8.99. The van der Waals surface area contributed by atoms with Crippen LogP contribution in [0.15, 0.2) is 59.8 Å². The molecule has 8 heteroatoms. The minimum atomic E-state index is -3.03. The van der Waals surface area contributed by atoms with Crippen LogP contribution in [0.5, 0.6) is 0 Å². The van der Waals surface area contributed by atoms with Crippen molar-refractivity contribution in [1.82, 2.24) is 4.98 Å². The van der Waals surface area contributed by atoms with Crippen LogP contribution in [0, 0.1) is 5.92 Å². The van der Waals surface area contributed by atoms with Gasteiger partial charge >= 0.3 is 0 Å². The Labute approximate surface area is 165 Å². The Hall–Kier alpha value is -3.55. The molecule has 2 aromatic carbocycles. The number of amides is 2. The number of carbonyl (C=O) groups is 2. The van der Waals surface area contributed by atoms with Crippen molar-refractivity contribution in [2.24, 2.45) is 11.0 Å². The lowest BCUT2D eigenvalue weighted by Crippen LogP contribution is -2.36. The molecule has 0 radical (unpaired) electrons. The third-order valence-corrected chi connectivity index (χ3v) is 4.81. The lowest BCUT2D eigenvalue weighted by molar-refractivity contribution is -0.127. The summed E-state index contributed by atoms with van der Waals surface area (Å²) in [6.07, 6.45) is 1.79. The van der Waals surface area contributed by atoms with E-state index in [1.807, 2.05) is 12.1 Å². The predicted molar refractivity (Wildman–Crippen MR) is 107 cm³/mol. The van der Waals surface area contributed by atoms with Crippen molar-refractivity contribution in [2.75, 3.05) is 10.3 Å². The number of aromatic nitrogens is 1. The van der Waals surface area contributed by atoms with Gasteiger partial charge in [-0.1, -0.05) is 18.2 Å². The zero-order valence-electron chi connectivity index (χ0n) is 15.7. The first kappa shape index (κ1) is 18.8. The average molecular weight is 396 g/mol. The summed E-state index contributed by atoms with van der Waals surface area (Å²) < 4.78 is 27.1. The number of hydrogen-bond acceptors (Lipinski definition) is 3.